The molecule has 38 heavy (non-hydrogen) atoms. The second kappa shape index (κ2) is 13.9. The Morgan fingerprint density at radius 2 is 1.37 bits per heavy atom. The number of methoxy groups -OCH3 is 2. The fourth-order valence-corrected chi connectivity index (χ4v) is 3.09. The van der Waals surface area contributed by atoms with Crippen molar-refractivity contribution in [1.29, 1.82) is 0 Å². The van der Waals surface area contributed by atoms with Gasteiger partial charge < -0.3 is 29.6 Å². The summed E-state index contributed by atoms with van der Waals surface area (Å²) in [5.74, 6) is -0.116. The van der Waals surface area contributed by atoms with E-state index in [9.17, 15) is 14.4 Å². The maximum atomic E-state index is 12.3. The van der Waals surface area contributed by atoms with Gasteiger partial charge in [-0.2, -0.15) is 5.10 Å². The molecule has 0 radical (unpaired) electrons. The topological polar surface area (TPSA) is 137 Å². The molecule has 0 spiro atoms. The minimum atomic E-state index is -0.940. The number of rotatable bonds is 11. The average Bonchev–Trinajstić information content (AvgIpc) is 2.93. The van der Waals surface area contributed by atoms with Gasteiger partial charge in [-0.1, -0.05) is 0 Å². The van der Waals surface area contributed by atoms with Crippen molar-refractivity contribution in [3.63, 3.8) is 0 Å². The number of carbonyl (C=O) groups excluding carboxylic acids is 3. The molecular weight excluding hydrogens is 492 g/mol. The van der Waals surface area contributed by atoms with E-state index in [-0.39, 0.29) is 12.5 Å². The molecule has 3 N–H and O–H groups in total. The van der Waals surface area contributed by atoms with E-state index in [2.05, 4.69) is 21.2 Å². The molecule has 3 aromatic rings. The minimum absolute atomic E-state index is 0.237. The molecule has 0 saturated carbocycles. The van der Waals surface area contributed by atoms with Gasteiger partial charge in [-0.15, -0.1) is 0 Å². The van der Waals surface area contributed by atoms with Crippen molar-refractivity contribution in [2.75, 3.05) is 38.1 Å². The summed E-state index contributed by atoms with van der Waals surface area (Å²) in [6, 6.07) is 18.3. The van der Waals surface area contributed by atoms with Crippen LogP contribution in [0.1, 0.15) is 12.5 Å². The Bertz CT molecular complexity index is 1280. The quantitative estimate of drug-likeness (QED) is 0.201. The highest BCUT2D eigenvalue weighted by Gasteiger charge is 2.13. The van der Waals surface area contributed by atoms with Crippen LogP contribution in [0.25, 0.3) is 0 Å². The van der Waals surface area contributed by atoms with Crippen LogP contribution in [0.15, 0.2) is 71.8 Å². The first-order valence-corrected chi connectivity index (χ1v) is 11.5. The molecule has 11 heteroatoms. The van der Waals surface area contributed by atoms with Crippen LogP contribution in [0.4, 0.5) is 11.4 Å². The zero-order chi connectivity index (χ0) is 27.3. The van der Waals surface area contributed by atoms with Crippen LogP contribution in [0.3, 0.4) is 0 Å². The number of carbonyl (C=O) groups is 3. The molecule has 11 nitrogen and oxygen atoms in total. The summed E-state index contributed by atoms with van der Waals surface area (Å²) in [6.07, 6.45) is 1.35. The Morgan fingerprint density at radius 3 is 1.95 bits per heavy atom. The van der Waals surface area contributed by atoms with Crippen LogP contribution in [-0.2, 0) is 14.4 Å². The Hall–Kier alpha value is -5.06. The normalized spacial score (nSPS) is 10.4. The first-order valence-electron chi connectivity index (χ1n) is 11.5. The first kappa shape index (κ1) is 27.5. The predicted molar refractivity (Wildman–Crippen MR) is 142 cm³/mol. The molecule has 0 aliphatic carbocycles. The van der Waals surface area contributed by atoms with E-state index >= 15 is 0 Å². The van der Waals surface area contributed by atoms with E-state index in [1.54, 1.807) is 73.8 Å². The van der Waals surface area contributed by atoms with Gasteiger partial charge in [0, 0.05) is 11.4 Å². The molecule has 3 amide bonds. The Morgan fingerprint density at radius 1 is 0.763 bits per heavy atom. The molecule has 0 unspecified atom stereocenters. The van der Waals surface area contributed by atoms with Crippen LogP contribution in [0, 0.1) is 0 Å². The molecule has 0 aliphatic heterocycles. The third-order valence-electron chi connectivity index (χ3n) is 4.93. The number of hydrazone groups is 1. The maximum Gasteiger partial charge on any atom is 0.329 e. The number of benzene rings is 3. The smallest absolute Gasteiger partial charge is 0.329 e. The predicted octanol–water partition coefficient (Wildman–Crippen LogP) is 3.21. The molecule has 0 aliphatic rings. The van der Waals surface area contributed by atoms with Gasteiger partial charge in [-0.3, -0.25) is 14.4 Å². The van der Waals surface area contributed by atoms with E-state index in [1.165, 1.54) is 13.3 Å². The fraction of sp³-hybridized carbons (Fsp3) is 0.185. The number of hydrogen-bond acceptors (Lipinski definition) is 8. The van der Waals surface area contributed by atoms with Crippen LogP contribution >= 0.6 is 0 Å². The van der Waals surface area contributed by atoms with Gasteiger partial charge in [0.1, 0.15) is 11.5 Å². The van der Waals surface area contributed by atoms with Gasteiger partial charge in [0.05, 0.1) is 27.0 Å². The molecule has 0 heterocycles. The monoisotopic (exact) mass is 520 g/mol. The lowest BCUT2D eigenvalue weighted by Gasteiger charge is -2.13. The van der Waals surface area contributed by atoms with Crippen LogP contribution < -0.4 is 35.0 Å². The summed E-state index contributed by atoms with van der Waals surface area (Å²) in [5, 5.41) is 9.02. The largest absolute Gasteiger partial charge is 0.497 e. The van der Waals surface area contributed by atoms with Crippen LogP contribution in [-0.4, -0.2) is 51.4 Å². The number of anilines is 2. The van der Waals surface area contributed by atoms with Crippen molar-refractivity contribution < 1.29 is 33.3 Å². The number of ether oxygens (including phenoxy) is 4. The van der Waals surface area contributed by atoms with Crippen molar-refractivity contribution in [2.45, 2.75) is 6.92 Å². The zero-order valence-electron chi connectivity index (χ0n) is 21.1. The van der Waals surface area contributed by atoms with Gasteiger partial charge in [0.25, 0.3) is 5.91 Å². The Kier molecular flexibility index (Phi) is 10.1. The van der Waals surface area contributed by atoms with Crippen LogP contribution in [0.2, 0.25) is 0 Å². The first-order chi connectivity index (χ1) is 18.4. The van der Waals surface area contributed by atoms with E-state index in [0.29, 0.717) is 46.5 Å². The highest BCUT2D eigenvalue weighted by Crippen LogP contribution is 2.28. The SMILES string of the molecule is CCOc1cc(/C=N\NC(=O)C(=O)Nc2ccc(OC)cc2)ccc1OCC(=O)Nc1ccc(OC)cc1. The Labute approximate surface area is 219 Å². The number of hydrogen-bond donors (Lipinski definition) is 3. The second-order valence-electron chi connectivity index (χ2n) is 7.59. The van der Waals surface area contributed by atoms with Gasteiger partial charge >= 0.3 is 11.8 Å². The number of amides is 3. The summed E-state index contributed by atoms with van der Waals surface area (Å²) < 4.78 is 21.4. The summed E-state index contributed by atoms with van der Waals surface area (Å²) in [7, 11) is 3.09. The van der Waals surface area contributed by atoms with E-state index in [4.69, 9.17) is 18.9 Å². The molecule has 0 saturated heterocycles. The van der Waals surface area contributed by atoms with Gasteiger partial charge in [0.2, 0.25) is 0 Å². The Balaban J connectivity index is 1.53. The molecule has 3 rings (SSSR count). The summed E-state index contributed by atoms with van der Waals surface area (Å²) in [4.78, 5) is 36.4. The van der Waals surface area contributed by atoms with E-state index in [0.717, 1.165) is 0 Å². The standard InChI is InChI=1S/C27H28N4O7/c1-4-37-24-15-18(16-28-31-27(34)26(33)30-20-8-12-22(36-3)13-9-20)5-14-23(24)38-17-25(32)29-19-6-10-21(35-2)11-7-19/h5-16H,4,17H2,1-3H3,(H,29,32)(H,30,33)(H,31,34)/b28-16-. The van der Waals surface area contributed by atoms with E-state index < -0.39 is 11.8 Å². The highest BCUT2D eigenvalue weighted by molar-refractivity contribution is 6.39. The van der Waals surface area contributed by atoms with Crippen molar-refractivity contribution >= 4 is 35.3 Å². The zero-order valence-corrected chi connectivity index (χ0v) is 21.1. The van der Waals surface area contributed by atoms with Crippen molar-refractivity contribution in [2.24, 2.45) is 5.10 Å². The maximum absolute atomic E-state index is 12.3. The van der Waals surface area contributed by atoms with Crippen LogP contribution in [0.5, 0.6) is 23.0 Å². The molecule has 0 aromatic heterocycles. The summed E-state index contributed by atoms with van der Waals surface area (Å²) in [5.41, 5.74) is 3.78. The third kappa shape index (κ3) is 8.26. The molecular formula is C27H28N4O7. The lowest BCUT2D eigenvalue weighted by molar-refractivity contribution is -0.136. The minimum Gasteiger partial charge on any atom is -0.497 e. The molecule has 3 aromatic carbocycles. The summed E-state index contributed by atoms with van der Waals surface area (Å²) >= 11 is 0. The van der Waals surface area contributed by atoms with Crippen molar-refractivity contribution in [1.82, 2.24) is 5.43 Å². The summed E-state index contributed by atoms with van der Waals surface area (Å²) in [6.45, 7) is 1.93. The third-order valence-corrected chi connectivity index (χ3v) is 4.93. The number of nitrogens with one attached hydrogen (secondary N) is 3. The molecule has 0 bridgehead atoms. The highest BCUT2D eigenvalue weighted by atomic mass is 16.5. The van der Waals surface area contributed by atoms with Gasteiger partial charge in [0.15, 0.2) is 18.1 Å². The van der Waals surface area contributed by atoms with Gasteiger partial charge in [-0.05, 0) is 79.2 Å². The lowest BCUT2D eigenvalue weighted by atomic mass is 10.2. The van der Waals surface area contributed by atoms with Crippen molar-refractivity contribution in [3.05, 3.63) is 72.3 Å². The number of nitrogens with zero attached hydrogens (tertiary/aromatic N) is 1. The van der Waals surface area contributed by atoms with E-state index in [1.807, 2.05) is 6.92 Å². The average molecular weight is 521 g/mol. The van der Waals surface area contributed by atoms with Gasteiger partial charge in [-0.25, -0.2) is 5.43 Å². The molecule has 198 valence electrons. The lowest BCUT2D eigenvalue weighted by Crippen LogP contribution is -2.32. The van der Waals surface area contributed by atoms with Crippen molar-refractivity contribution in [3.8, 4) is 23.0 Å². The molecule has 0 fully saturated rings. The second-order valence-corrected chi connectivity index (χ2v) is 7.59. The fourth-order valence-electron chi connectivity index (χ4n) is 3.09. The molecule has 0 atom stereocenters.